The Morgan fingerprint density at radius 2 is 1.73 bits per heavy atom. The predicted octanol–water partition coefficient (Wildman–Crippen LogP) is 2.53. The van der Waals surface area contributed by atoms with Crippen LogP contribution in [0.5, 0.6) is 0 Å². The number of carbonyl (C=O) groups is 2. The second-order valence-electron chi connectivity index (χ2n) is 6.56. The number of piperidine rings is 1. The first-order valence-corrected chi connectivity index (χ1v) is 8.19. The monoisotopic (exact) mass is 300 g/mol. The molecule has 0 aliphatic carbocycles. The van der Waals surface area contributed by atoms with Gasteiger partial charge in [-0.25, -0.2) is 0 Å². The van der Waals surface area contributed by atoms with E-state index >= 15 is 0 Å². The van der Waals surface area contributed by atoms with Crippen LogP contribution in [0.25, 0.3) is 0 Å². The van der Waals surface area contributed by atoms with Crippen LogP contribution in [0, 0.1) is 12.8 Å². The van der Waals surface area contributed by atoms with Crippen LogP contribution in [-0.2, 0) is 9.59 Å². The number of carbonyl (C=O) groups excluding carboxylic acids is 2. The molecule has 2 saturated heterocycles. The molecule has 0 spiro atoms. The number of hydrogen-bond acceptors (Lipinski definition) is 2. The number of aryl methyl sites for hydroxylation is 1. The number of rotatable bonds is 2. The van der Waals surface area contributed by atoms with Crippen molar-refractivity contribution in [1.29, 1.82) is 0 Å². The quantitative estimate of drug-likeness (QED) is 0.842. The van der Waals surface area contributed by atoms with Gasteiger partial charge in [0.15, 0.2) is 0 Å². The lowest BCUT2D eigenvalue weighted by Gasteiger charge is -2.32. The highest BCUT2D eigenvalue weighted by atomic mass is 16.2. The van der Waals surface area contributed by atoms with E-state index in [1.807, 2.05) is 31.0 Å². The van der Waals surface area contributed by atoms with Gasteiger partial charge in [0, 0.05) is 26.6 Å². The lowest BCUT2D eigenvalue weighted by molar-refractivity contribution is -0.137. The average molecular weight is 300 g/mol. The SMILES string of the molecule is Cc1ccc([C@@H]2[C@@H](C(=O)N3CCCCC3)CC(=O)N2C)cc1. The molecule has 0 saturated carbocycles. The molecule has 4 heteroatoms. The van der Waals surface area contributed by atoms with E-state index in [1.165, 1.54) is 12.0 Å². The third kappa shape index (κ3) is 2.74. The summed E-state index contributed by atoms with van der Waals surface area (Å²) in [4.78, 5) is 28.8. The van der Waals surface area contributed by atoms with Gasteiger partial charge in [-0.2, -0.15) is 0 Å². The van der Waals surface area contributed by atoms with Crippen LogP contribution in [-0.4, -0.2) is 41.8 Å². The summed E-state index contributed by atoms with van der Waals surface area (Å²) in [6.45, 7) is 3.73. The smallest absolute Gasteiger partial charge is 0.228 e. The minimum Gasteiger partial charge on any atom is -0.342 e. The van der Waals surface area contributed by atoms with Crippen molar-refractivity contribution in [3.8, 4) is 0 Å². The third-order valence-corrected chi connectivity index (χ3v) is 4.99. The van der Waals surface area contributed by atoms with Gasteiger partial charge in [-0.15, -0.1) is 0 Å². The maximum absolute atomic E-state index is 12.9. The predicted molar refractivity (Wildman–Crippen MR) is 85.2 cm³/mol. The standard InChI is InChI=1S/C18H24N2O2/c1-13-6-8-14(9-7-13)17-15(12-16(21)19(17)2)18(22)20-10-4-3-5-11-20/h6-9,15,17H,3-5,10-12H2,1-2H3/t15-,17+/m0/s1. The van der Waals surface area contributed by atoms with Crippen molar-refractivity contribution in [2.24, 2.45) is 5.92 Å². The molecule has 2 atom stereocenters. The summed E-state index contributed by atoms with van der Waals surface area (Å²) >= 11 is 0. The Balaban J connectivity index is 1.86. The minimum absolute atomic E-state index is 0.0703. The fourth-order valence-corrected chi connectivity index (χ4v) is 3.66. The van der Waals surface area contributed by atoms with Gasteiger partial charge in [0.2, 0.25) is 11.8 Å². The fraction of sp³-hybridized carbons (Fsp3) is 0.556. The molecule has 22 heavy (non-hydrogen) atoms. The molecule has 2 aliphatic heterocycles. The Labute approximate surface area is 132 Å². The molecule has 118 valence electrons. The zero-order chi connectivity index (χ0) is 15.7. The van der Waals surface area contributed by atoms with Crippen molar-refractivity contribution in [3.05, 3.63) is 35.4 Å². The molecule has 4 nitrogen and oxygen atoms in total. The molecule has 0 bridgehead atoms. The van der Waals surface area contributed by atoms with Crippen LogP contribution < -0.4 is 0 Å². The van der Waals surface area contributed by atoms with Crippen molar-refractivity contribution < 1.29 is 9.59 Å². The maximum Gasteiger partial charge on any atom is 0.228 e. The number of benzene rings is 1. The van der Waals surface area contributed by atoms with Crippen molar-refractivity contribution >= 4 is 11.8 Å². The van der Waals surface area contributed by atoms with Gasteiger partial charge >= 0.3 is 0 Å². The Hall–Kier alpha value is -1.84. The van der Waals surface area contributed by atoms with Crippen molar-refractivity contribution in [2.45, 2.75) is 38.6 Å². The summed E-state index contributed by atoms with van der Waals surface area (Å²) in [5.74, 6) is -0.0118. The summed E-state index contributed by atoms with van der Waals surface area (Å²) in [6, 6.07) is 8.07. The number of hydrogen-bond donors (Lipinski definition) is 0. The third-order valence-electron chi connectivity index (χ3n) is 4.99. The van der Waals surface area contributed by atoms with Crippen molar-refractivity contribution in [2.75, 3.05) is 20.1 Å². The molecule has 2 amide bonds. The maximum atomic E-state index is 12.9. The topological polar surface area (TPSA) is 40.6 Å². The highest BCUT2D eigenvalue weighted by Gasteiger charge is 2.44. The van der Waals surface area contributed by atoms with Crippen LogP contribution in [0.15, 0.2) is 24.3 Å². The Bertz CT molecular complexity index is 561. The molecule has 0 aromatic heterocycles. The van der Waals surface area contributed by atoms with Crippen LogP contribution >= 0.6 is 0 Å². The number of amides is 2. The summed E-state index contributed by atoms with van der Waals surface area (Å²) in [7, 11) is 1.82. The fourth-order valence-electron chi connectivity index (χ4n) is 3.66. The summed E-state index contributed by atoms with van der Waals surface area (Å²) in [5.41, 5.74) is 2.25. The molecular weight excluding hydrogens is 276 g/mol. The van der Waals surface area contributed by atoms with E-state index in [9.17, 15) is 9.59 Å². The van der Waals surface area contributed by atoms with Gasteiger partial charge in [-0.3, -0.25) is 9.59 Å². The van der Waals surface area contributed by atoms with Crippen LogP contribution in [0.2, 0.25) is 0 Å². The van der Waals surface area contributed by atoms with Gasteiger partial charge in [0.1, 0.15) is 0 Å². The molecule has 2 heterocycles. The summed E-state index contributed by atoms with van der Waals surface area (Å²) in [5, 5.41) is 0. The molecule has 1 aromatic carbocycles. The zero-order valence-electron chi connectivity index (χ0n) is 13.4. The highest BCUT2D eigenvalue weighted by molar-refractivity contribution is 5.90. The van der Waals surface area contributed by atoms with E-state index in [0.717, 1.165) is 31.5 Å². The van der Waals surface area contributed by atoms with Gasteiger partial charge in [0.05, 0.1) is 12.0 Å². The average Bonchev–Trinajstić information content (AvgIpc) is 2.84. The second-order valence-corrected chi connectivity index (χ2v) is 6.56. The Kier molecular flexibility index (Phi) is 4.19. The molecule has 0 radical (unpaired) electrons. The van der Waals surface area contributed by atoms with Crippen LogP contribution in [0.3, 0.4) is 0 Å². The second kappa shape index (κ2) is 6.11. The molecule has 0 N–H and O–H groups in total. The van der Waals surface area contributed by atoms with Crippen molar-refractivity contribution in [3.63, 3.8) is 0 Å². The highest BCUT2D eigenvalue weighted by Crippen LogP contribution is 2.38. The van der Waals surface area contributed by atoms with E-state index in [0.29, 0.717) is 6.42 Å². The minimum atomic E-state index is -0.238. The first-order valence-electron chi connectivity index (χ1n) is 8.19. The molecule has 1 aromatic rings. The van der Waals surface area contributed by atoms with Gasteiger partial charge in [-0.05, 0) is 31.7 Å². The van der Waals surface area contributed by atoms with Gasteiger partial charge in [-0.1, -0.05) is 29.8 Å². The van der Waals surface area contributed by atoms with Crippen LogP contribution in [0.1, 0.15) is 42.9 Å². The van der Waals surface area contributed by atoms with Crippen LogP contribution in [0.4, 0.5) is 0 Å². The molecular formula is C18H24N2O2. The van der Waals surface area contributed by atoms with Gasteiger partial charge < -0.3 is 9.80 Å². The van der Waals surface area contributed by atoms with E-state index in [2.05, 4.69) is 12.1 Å². The largest absolute Gasteiger partial charge is 0.342 e. The van der Waals surface area contributed by atoms with Crippen molar-refractivity contribution in [1.82, 2.24) is 9.80 Å². The number of nitrogens with zero attached hydrogens (tertiary/aromatic N) is 2. The van der Waals surface area contributed by atoms with E-state index < -0.39 is 0 Å². The summed E-state index contributed by atoms with van der Waals surface area (Å²) < 4.78 is 0. The van der Waals surface area contributed by atoms with E-state index in [4.69, 9.17) is 0 Å². The lowest BCUT2D eigenvalue weighted by Crippen LogP contribution is -2.41. The first-order chi connectivity index (χ1) is 10.6. The Morgan fingerprint density at radius 3 is 2.36 bits per heavy atom. The number of likely N-dealkylation sites (tertiary alicyclic amines) is 2. The molecule has 3 rings (SSSR count). The lowest BCUT2D eigenvalue weighted by atomic mass is 9.91. The molecule has 2 fully saturated rings. The van der Waals surface area contributed by atoms with Gasteiger partial charge in [0.25, 0.3) is 0 Å². The molecule has 2 aliphatic rings. The normalized spacial score (nSPS) is 25.6. The zero-order valence-corrected chi connectivity index (χ0v) is 13.4. The Morgan fingerprint density at radius 1 is 1.09 bits per heavy atom. The first kappa shape index (κ1) is 15.1. The van der Waals surface area contributed by atoms with E-state index in [1.54, 1.807) is 4.90 Å². The summed E-state index contributed by atoms with van der Waals surface area (Å²) in [6.07, 6.45) is 3.70. The molecule has 0 unspecified atom stereocenters. The van der Waals surface area contributed by atoms with E-state index in [-0.39, 0.29) is 23.8 Å².